The van der Waals surface area contributed by atoms with Crippen LogP contribution in [0.1, 0.15) is 51.4 Å². The van der Waals surface area contributed by atoms with Gasteiger partial charge in [0.1, 0.15) is 0 Å². The molecular formula is C13H22O2. The lowest BCUT2D eigenvalue weighted by molar-refractivity contribution is -0.0330. The van der Waals surface area contributed by atoms with Crippen LogP contribution in [0, 0.1) is 11.8 Å². The summed E-state index contributed by atoms with van der Waals surface area (Å²) in [7, 11) is 0. The first-order valence-corrected chi connectivity index (χ1v) is 6.60. The first kappa shape index (κ1) is 10.1. The van der Waals surface area contributed by atoms with Gasteiger partial charge in [0.25, 0.3) is 0 Å². The molecule has 0 radical (unpaired) electrons. The van der Waals surface area contributed by atoms with E-state index in [1.165, 1.54) is 32.1 Å². The number of fused-ring (bicyclic) bond motifs is 2. The van der Waals surface area contributed by atoms with E-state index in [9.17, 15) is 5.11 Å². The zero-order chi connectivity index (χ0) is 10.3. The summed E-state index contributed by atoms with van der Waals surface area (Å²) < 4.78 is 5.63. The first-order chi connectivity index (χ1) is 7.26. The molecule has 15 heavy (non-hydrogen) atoms. The fraction of sp³-hybridized carbons (Fsp3) is 1.00. The Kier molecular flexibility index (Phi) is 2.52. The van der Waals surface area contributed by atoms with Crippen molar-refractivity contribution in [1.82, 2.24) is 0 Å². The summed E-state index contributed by atoms with van der Waals surface area (Å²) in [4.78, 5) is 0. The van der Waals surface area contributed by atoms with Crippen LogP contribution >= 0.6 is 0 Å². The third-order valence-electron chi connectivity index (χ3n) is 4.87. The molecule has 0 spiro atoms. The van der Waals surface area contributed by atoms with E-state index in [-0.39, 0.29) is 5.60 Å². The SMILES string of the molecule is OC1(CCC2CCCO2)CC2CCC1C2. The maximum Gasteiger partial charge on any atom is 0.0679 e. The van der Waals surface area contributed by atoms with E-state index >= 15 is 0 Å². The van der Waals surface area contributed by atoms with Gasteiger partial charge in [-0.05, 0) is 63.2 Å². The molecule has 1 saturated heterocycles. The second-order valence-corrected chi connectivity index (χ2v) is 5.86. The minimum atomic E-state index is -0.311. The van der Waals surface area contributed by atoms with Crippen LogP contribution in [0.5, 0.6) is 0 Å². The Hall–Kier alpha value is -0.0800. The van der Waals surface area contributed by atoms with Crippen LogP contribution in [-0.4, -0.2) is 23.4 Å². The van der Waals surface area contributed by atoms with E-state index < -0.39 is 0 Å². The Morgan fingerprint density at radius 3 is 2.80 bits per heavy atom. The molecule has 1 heterocycles. The molecule has 2 saturated carbocycles. The van der Waals surface area contributed by atoms with E-state index in [0.29, 0.717) is 12.0 Å². The van der Waals surface area contributed by atoms with Crippen molar-refractivity contribution in [2.24, 2.45) is 11.8 Å². The van der Waals surface area contributed by atoms with Gasteiger partial charge in [-0.1, -0.05) is 0 Å². The highest BCUT2D eigenvalue weighted by Gasteiger charge is 2.49. The van der Waals surface area contributed by atoms with Crippen LogP contribution in [0.3, 0.4) is 0 Å². The summed E-state index contributed by atoms with van der Waals surface area (Å²) in [6.07, 6.45) is 9.96. The molecule has 0 aromatic rings. The Morgan fingerprint density at radius 1 is 1.27 bits per heavy atom. The second kappa shape index (κ2) is 3.74. The number of aliphatic hydroxyl groups is 1. The van der Waals surface area contributed by atoms with Crippen molar-refractivity contribution in [3.8, 4) is 0 Å². The van der Waals surface area contributed by atoms with Crippen molar-refractivity contribution < 1.29 is 9.84 Å². The fourth-order valence-corrected chi connectivity index (χ4v) is 4.00. The molecule has 2 aliphatic carbocycles. The molecule has 86 valence electrons. The van der Waals surface area contributed by atoms with Gasteiger partial charge in [-0.3, -0.25) is 0 Å². The van der Waals surface area contributed by atoms with Gasteiger partial charge in [-0.15, -0.1) is 0 Å². The van der Waals surface area contributed by atoms with Gasteiger partial charge in [0.2, 0.25) is 0 Å². The predicted molar refractivity (Wildman–Crippen MR) is 58.6 cm³/mol. The van der Waals surface area contributed by atoms with Crippen molar-refractivity contribution in [1.29, 1.82) is 0 Å². The summed E-state index contributed by atoms with van der Waals surface area (Å²) in [6.45, 7) is 0.940. The third kappa shape index (κ3) is 1.83. The molecule has 3 rings (SSSR count). The summed E-state index contributed by atoms with van der Waals surface area (Å²) in [6, 6.07) is 0. The van der Waals surface area contributed by atoms with Gasteiger partial charge in [0, 0.05) is 6.61 Å². The lowest BCUT2D eigenvalue weighted by Crippen LogP contribution is -2.35. The van der Waals surface area contributed by atoms with E-state index in [1.807, 2.05) is 0 Å². The standard InChI is InChI=1S/C13H22O2/c14-13(6-5-12-2-1-7-15-12)9-10-3-4-11(13)8-10/h10-12,14H,1-9H2. The van der Waals surface area contributed by atoms with Crippen molar-refractivity contribution in [2.45, 2.75) is 63.1 Å². The van der Waals surface area contributed by atoms with Gasteiger partial charge >= 0.3 is 0 Å². The molecule has 2 heteroatoms. The van der Waals surface area contributed by atoms with Crippen LogP contribution in [-0.2, 0) is 4.74 Å². The quantitative estimate of drug-likeness (QED) is 0.775. The van der Waals surface area contributed by atoms with E-state index in [1.54, 1.807) is 0 Å². The largest absolute Gasteiger partial charge is 0.390 e. The minimum absolute atomic E-state index is 0.311. The average Bonchev–Trinajstić information content (AvgIpc) is 2.90. The molecule has 4 atom stereocenters. The normalized spacial score (nSPS) is 49.0. The smallest absolute Gasteiger partial charge is 0.0679 e. The molecule has 2 nitrogen and oxygen atoms in total. The molecule has 0 aromatic carbocycles. The second-order valence-electron chi connectivity index (χ2n) is 5.86. The van der Waals surface area contributed by atoms with Crippen LogP contribution in [0.25, 0.3) is 0 Å². The first-order valence-electron chi connectivity index (χ1n) is 6.60. The molecule has 3 fully saturated rings. The molecule has 1 N–H and O–H groups in total. The average molecular weight is 210 g/mol. The third-order valence-corrected chi connectivity index (χ3v) is 4.87. The van der Waals surface area contributed by atoms with E-state index in [0.717, 1.165) is 31.8 Å². The van der Waals surface area contributed by atoms with Crippen LogP contribution in [0.2, 0.25) is 0 Å². The van der Waals surface area contributed by atoms with Crippen molar-refractivity contribution >= 4 is 0 Å². The molecule has 3 aliphatic rings. The molecular weight excluding hydrogens is 188 g/mol. The van der Waals surface area contributed by atoms with Crippen molar-refractivity contribution in [3.63, 3.8) is 0 Å². The minimum Gasteiger partial charge on any atom is -0.390 e. The number of rotatable bonds is 3. The van der Waals surface area contributed by atoms with E-state index in [4.69, 9.17) is 4.74 Å². The fourth-order valence-electron chi connectivity index (χ4n) is 4.00. The predicted octanol–water partition coefficient (Wildman–Crippen LogP) is 2.50. The maximum atomic E-state index is 10.6. The van der Waals surface area contributed by atoms with Gasteiger partial charge in [0.05, 0.1) is 11.7 Å². The van der Waals surface area contributed by atoms with Gasteiger partial charge < -0.3 is 9.84 Å². The molecule has 2 bridgehead atoms. The lowest BCUT2D eigenvalue weighted by Gasteiger charge is -2.33. The molecule has 1 aliphatic heterocycles. The zero-order valence-corrected chi connectivity index (χ0v) is 9.45. The Bertz CT molecular complexity index is 235. The van der Waals surface area contributed by atoms with Gasteiger partial charge in [-0.2, -0.15) is 0 Å². The topological polar surface area (TPSA) is 29.5 Å². The van der Waals surface area contributed by atoms with Crippen molar-refractivity contribution in [2.75, 3.05) is 6.61 Å². The van der Waals surface area contributed by atoms with Crippen LogP contribution in [0.4, 0.5) is 0 Å². The zero-order valence-electron chi connectivity index (χ0n) is 9.45. The Morgan fingerprint density at radius 2 is 2.20 bits per heavy atom. The summed E-state index contributed by atoms with van der Waals surface area (Å²) in [5.41, 5.74) is -0.311. The molecule has 0 aromatic heterocycles. The Balaban J connectivity index is 1.53. The lowest BCUT2D eigenvalue weighted by atomic mass is 9.80. The number of ether oxygens (including phenoxy) is 1. The maximum absolute atomic E-state index is 10.6. The summed E-state index contributed by atoms with van der Waals surface area (Å²) in [5.74, 6) is 1.45. The Labute approximate surface area is 92.0 Å². The summed E-state index contributed by atoms with van der Waals surface area (Å²) >= 11 is 0. The van der Waals surface area contributed by atoms with Crippen LogP contribution in [0.15, 0.2) is 0 Å². The van der Waals surface area contributed by atoms with E-state index in [2.05, 4.69) is 0 Å². The summed E-state index contributed by atoms with van der Waals surface area (Å²) in [5, 5.41) is 10.6. The molecule has 0 amide bonds. The van der Waals surface area contributed by atoms with Crippen LogP contribution < -0.4 is 0 Å². The van der Waals surface area contributed by atoms with Gasteiger partial charge in [0.15, 0.2) is 0 Å². The number of hydrogen-bond donors (Lipinski definition) is 1. The van der Waals surface area contributed by atoms with Gasteiger partial charge in [-0.25, -0.2) is 0 Å². The van der Waals surface area contributed by atoms with Crippen molar-refractivity contribution in [3.05, 3.63) is 0 Å². The highest BCUT2D eigenvalue weighted by molar-refractivity contribution is 5.01. The molecule has 4 unspecified atom stereocenters. The number of hydrogen-bond acceptors (Lipinski definition) is 2. The monoisotopic (exact) mass is 210 g/mol. The highest BCUT2D eigenvalue weighted by atomic mass is 16.5. The highest BCUT2D eigenvalue weighted by Crippen LogP contribution is 2.52.